The van der Waals surface area contributed by atoms with Gasteiger partial charge >= 0.3 is 0 Å². The molecule has 1 amide bonds. The minimum atomic E-state index is -0.277. The zero-order valence-corrected chi connectivity index (χ0v) is 11.7. The van der Waals surface area contributed by atoms with Crippen LogP contribution in [0.15, 0.2) is 16.6 Å². The minimum Gasteiger partial charge on any atom is -0.493 e. The number of rotatable bonds is 4. The van der Waals surface area contributed by atoms with E-state index in [0.29, 0.717) is 21.5 Å². The molecule has 0 aliphatic rings. The molecule has 94 valence electrons. The van der Waals surface area contributed by atoms with Gasteiger partial charge < -0.3 is 9.47 Å². The number of carbonyl (C=O) groups excluding carboxylic acids is 1. The molecule has 17 heavy (non-hydrogen) atoms. The molecule has 0 radical (unpaired) electrons. The van der Waals surface area contributed by atoms with Crippen molar-refractivity contribution < 1.29 is 19.1 Å². The molecular weight excluding hydrogens is 290 g/mol. The van der Waals surface area contributed by atoms with Crippen LogP contribution in [-0.2, 0) is 4.84 Å². The molecule has 0 aliphatic carbocycles. The highest BCUT2D eigenvalue weighted by Gasteiger charge is 2.18. The minimum absolute atomic E-state index is 0.277. The fraction of sp³-hybridized carbons (Fsp3) is 0.364. The Morgan fingerprint density at radius 1 is 1.18 bits per heavy atom. The van der Waals surface area contributed by atoms with Crippen molar-refractivity contribution in [2.45, 2.75) is 0 Å². The molecule has 0 atom stereocenters. The lowest BCUT2D eigenvalue weighted by molar-refractivity contribution is -0.0757. The normalized spacial score (nSPS) is 9.94. The number of methoxy groups -OCH3 is 2. The molecule has 6 heteroatoms. The Balaban J connectivity index is 3.21. The highest BCUT2D eigenvalue weighted by Crippen LogP contribution is 2.33. The van der Waals surface area contributed by atoms with E-state index in [1.807, 2.05) is 0 Å². The van der Waals surface area contributed by atoms with Gasteiger partial charge in [-0.2, -0.15) is 0 Å². The smallest absolute Gasteiger partial charge is 0.278 e. The molecule has 0 bridgehead atoms. The molecule has 0 spiro atoms. The lowest BCUT2D eigenvalue weighted by Gasteiger charge is -2.16. The first-order valence-electron chi connectivity index (χ1n) is 4.78. The van der Waals surface area contributed by atoms with Gasteiger partial charge in [-0.05, 0) is 28.1 Å². The summed E-state index contributed by atoms with van der Waals surface area (Å²) in [6, 6.07) is 3.27. The number of hydrogen-bond donors (Lipinski definition) is 0. The topological polar surface area (TPSA) is 48.0 Å². The van der Waals surface area contributed by atoms with Crippen LogP contribution in [0.4, 0.5) is 0 Å². The summed E-state index contributed by atoms with van der Waals surface area (Å²) >= 11 is 3.31. The second kappa shape index (κ2) is 5.88. The van der Waals surface area contributed by atoms with E-state index in [-0.39, 0.29) is 5.91 Å². The number of halogens is 1. The number of benzene rings is 1. The van der Waals surface area contributed by atoms with Crippen molar-refractivity contribution in [3.63, 3.8) is 0 Å². The van der Waals surface area contributed by atoms with Crippen LogP contribution in [0.1, 0.15) is 10.4 Å². The summed E-state index contributed by atoms with van der Waals surface area (Å²) in [6.45, 7) is 0. The van der Waals surface area contributed by atoms with Crippen molar-refractivity contribution in [2.24, 2.45) is 0 Å². The van der Waals surface area contributed by atoms with Gasteiger partial charge in [0.2, 0.25) is 0 Å². The molecule has 1 aromatic rings. The predicted molar refractivity (Wildman–Crippen MR) is 66.3 cm³/mol. The molecule has 0 fully saturated rings. The van der Waals surface area contributed by atoms with Crippen LogP contribution in [-0.4, -0.2) is 39.3 Å². The van der Waals surface area contributed by atoms with Gasteiger partial charge in [-0.25, -0.2) is 5.06 Å². The summed E-state index contributed by atoms with van der Waals surface area (Å²) in [5, 5.41) is 1.13. The van der Waals surface area contributed by atoms with Crippen LogP contribution in [0.5, 0.6) is 11.5 Å². The molecule has 0 N–H and O–H groups in total. The first-order chi connectivity index (χ1) is 8.04. The van der Waals surface area contributed by atoms with Crippen LogP contribution < -0.4 is 9.47 Å². The summed E-state index contributed by atoms with van der Waals surface area (Å²) in [6.07, 6.45) is 0. The van der Waals surface area contributed by atoms with Crippen molar-refractivity contribution in [1.82, 2.24) is 5.06 Å². The summed E-state index contributed by atoms with van der Waals surface area (Å²) < 4.78 is 10.9. The lowest BCUT2D eigenvalue weighted by Crippen LogP contribution is -2.25. The van der Waals surface area contributed by atoms with Gasteiger partial charge in [0.1, 0.15) is 0 Å². The summed E-state index contributed by atoms with van der Waals surface area (Å²) in [7, 11) is 6.01. The van der Waals surface area contributed by atoms with E-state index >= 15 is 0 Å². The molecule has 0 heterocycles. The van der Waals surface area contributed by atoms with Gasteiger partial charge in [-0.3, -0.25) is 9.63 Å². The Labute approximate surface area is 108 Å². The van der Waals surface area contributed by atoms with Gasteiger partial charge in [-0.15, -0.1) is 0 Å². The van der Waals surface area contributed by atoms with Crippen LogP contribution in [0.2, 0.25) is 0 Å². The monoisotopic (exact) mass is 303 g/mol. The Kier molecular flexibility index (Phi) is 4.77. The number of carbonyl (C=O) groups is 1. The fourth-order valence-corrected chi connectivity index (χ4v) is 1.76. The van der Waals surface area contributed by atoms with Gasteiger partial charge in [0, 0.05) is 11.5 Å². The molecule has 0 aliphatic heterocycles. The molecule has 0 saturated heterocycles. The van der Waals surface area contributed by atoms with Gasteiger partial charge in [0.05, 0.1) is 26.9 Å². The molecule has 1 aromatic carbocycles. The average molecular weight is 304 g/mol. The number of nitrogens with zero attached hydrogens (tertiary/aromatic N) is 1. The van der Waals surface area contributed by atoms with Crippen LogP contribution in [0.3, 0.4) is 0 Å². The first-order valence-corrected chi connectivity index (χ1v) is 5.58. The predicted octanol–water partition coefficient (Wildman–Crippen LogP) is 2.10. The number of hydroxylamine groups is 2. The number of ether oxygens (including phenoxy) is 2. The van der Waals surface area contributed by atoms with Crippen LogP contribution >= 0.6 is 15.9 Å². The maximum atomic E-state index is 11.9. The molecule has 0 aromatic heterocycles. The lowest BCUT2D eigenvalue weighted by atomic mass is 10.2. The first kappa shape index (κ1) is 13.8. The van der Waals surface area contributed by atoms with Gasteiger partial charge in [0.15, 0.2) is 11.5 Å². The Morgan fingerprint density at radius 2 is 1.71 bits per heavy atom. The zero-order chi connectivity index (χ0) is 13.0. The molecule has 0 unspecified atom stereocenters. The van der Waals surface area contributed by atoms with E-state index in [0.717, 1.165) is 5.06 Å². The van der Waals surface area contributed by atoms with Crippen molar-refractivity contribution in [2.75, 3.05) is 28.4 Å². The van der Waals surface area contributed by atoms with Crippen molar-refractivity contribution in [3.8, 4) is 11.5 Å². The van der Waals surface area contributed by atoms with E-state index < -0.39 is 0 Å². The maximum absolute atomic E-state index is 11.9. The second-order valence-electron chi connectivity index (χ2n) is 3.17. The third-order valence-corrected chi connectivity index (χ3v) is 2.92. The Bertz CT molecular complexity index is 422. The quantitative estimate of drug-likeness (QED) is 0.799. The van der Waals surface area contributed by atoms with Gasteiger partial charge in [-0.1, -0.05) is 0 Å². The van der Waals surface area contributed by atoms with Gasteiger partial charge in [0.25, 0.3) is 5.91 Å². The van der Waals surface area contributed by atoms with Crippen molar-refractivity contribution in [3.05, 3.63) is 22.2 Å². The summed E-state index contributed by atoms with van der Waals surface area (Å²) in [5.74, 6) is 0.764. The van der Waals surface area contributed by atoms with E-state index in [2.05, 4.69) is 15.9 Å². The maximum Gasteiger partial charge on any atom is 0.278 e. The molecular formula is C11H14BrNO4. The SMILES string of the molecule is COc1cc(Br)c(C(=O)N(C)OC)cc1OC. The number of amides is 1. The highest BCUT2D eigenvalue weighted by atomic mass is 79.9. The molecule has 1 rings (SSSR count). The van der Waals surface area contributed by atoms with E-state index in [1.54, 1.807) is 12.1 Å². The third kappa shape index (κ3) is 2.89. The second-order valence-corrected chi connectivity index (χ2v) is 4.03. The van der Waals surface area contributed by atoms with Crippen molar-refractivity contribution in [1.29, 1.82) is 0 Å². The van der Waals surface area contributed by atoms with Crippen molar-refractivity contribution >= 4 is 21.8 Å². The van der Waals surface area contributed by atoms with E-state index in [4.69, 9.17) is 14.3 Å². The fourth-order valence-electron chi connectivity index (χ4n) is 1.27. The summed E-state index contributed by atoms with van der Waals surface area (Å²) in [4.78, 5) is 16.8. The van der Waals surface area contributed by atoms with Crippen LogP contribution in [0.25, 0.3) is 0 Å². The zero-order valence-electron chi connectivity index (χ0n) is 10.1. The molecule has 5 nitrogen and oxygen atoms in total. The highest BCUT2D eigenvalue weighted by molar-refractivity contribution is 9.10. The van der Waals surface area contributed by atoms with E-state index in [9.17, 15) is 4.79 Å². The summed E-state index contributed by atoms with van der Waals surface area (Å²) in [5.41, 5.74) is 0.437. The number of hydrogen-bond acceptors (Lipinski definition) is 4. The van der Waals surface area contributed by atoms with Crippen LogP contribution in [0, 0.1) is 0 Å². The average Bonchev–Trinajstić information content (AvgIpc) is 2.36. The molecule has 0 saturated carbocycles. The van der Waals surface area contributed by atoms with E-state index in [1.165, 1.54) is 28.4 Å². The standard InChI is InChI=1S/C11H14BrNO4/c1-13(17-4)11(14)7-5-9(15-2)10(16-3)6-8(7)12/h5-6H,1-4H3. The third-order valence-electron chi connectivity index (χ3n) is 2.26. The Hall–Kier alpha value is -1.27. The largest absolute Gasteiger partial charge is 0.493 e. The Morgan fingerprint density at radius 3 is 2.18 bits per heavy atom.